The van der Waals surface area contributed by atoms with E-state index in [1.807, 2.05) is 0 Å². The summed E-state index contributed by atoms with van der Waals surface area (Å²) in [6.07, 6.45) is 1.14. The molecule has 3 rings (SSSR count). The van der Waals surface area contributed by atoms with E-state index >= 15 is 0 Å². The molecule has 1 aromatic heterocycles. The second-order valence-corrected chi connectivity index (χ2v) is 8.44. The van der Waals surface area contributed by atoms with E-state index < -0.39 is 15.7 Å². The van der Waals surface area contributed by atoms with E-state index in [0.29, 0.717) is 16.3 Å². The van der Waals surface area contributed by atoms with Crippen LogP contribution in [-0.2, 0) is 19.4 Å². The average molecular weight is 410 g/mol. The molecule has 2 N–H and O–H groups in total. The number of ether oxygens (including phenoxy) is 1. The molecule has 10 heteroatoms. The van der Waals surface area contributed by atoms with E-state index in [9.17, 15) is 18.0 Å². The molecule has 1 aliphatic rings. The average Bonchev–Trinajstić information content (AvgIpc) is 2.61. The maximum atomic E-state index is 12.6. The van der Waals surface area contributed by atoms with Gasteiger partial charge in [-0.05, 0) is 30.7 Å². The minimum Gasteiger partial charge on any atom is -0.482 e. The van der Waals surface area contributed by atoms with Crippen LogP contribution in [0.3, 0.4) is 0 Å². The number of benzene rings is 1. The maximum absolute atomic E-state index is 12.6. The SMILES string of the molecule is Cc1cc2c(cc1S(=O)(=O)CCC(=O)Nc1ccc(Cl)cn1)OCC(=O)N2. The molecule has 8 nitrogen and oxygen atoms in total. The van der Waals surface area contributed by atoms with Gasteiger partial charge in [-0.3, -0.25) is 9.59 Å². The molecule has 0 aliphatic carbocycles. The van der Waals surface area contributed by atoms with Crippen LogP contribution in [0, 0.1) is 6.92 Å². The zero-order chi connectivity index (χ0) is 19.6. The lowest BCUT2D eigenvalue weighted by Gasteiger charge is -2.20. The van der Waals surface area contributed by atoms with Gasteiger partial charge in [0, 0.05) is 18.7 Å². The number of anilines is 2. The van der Waals surface area contributed by atoms with E-state index in [4.69, 9.17) is 16.3 Å². The van der Waals surface area contributed by atoms with Gasteiger partial charge in [-0.25, -0.2) is 13.4 Å². The number of carbonyl (C=O) groups is 2. The largest absolute Gasteiger partial charge is 0.482 e. The Kier molecular flexibility index (Phi) is 5.33. The highest BCUT2D eigenvalue weighted by Gasteiger charge is 2.24. The predicted molar refractivity (Wildman–Crippen MR) is 99.9 cm³/mol. The lowest BCUT2D eigenvalue weighted by molar-refractivity contribution is -0.118. The van der Waals surface area contributed by atoms with E-state index in [1.165, 1.54) is 24.4 Å². The number of aryl methyl sites for hydroxylation is 1. The Hall–Kier alpha value is -2.65. The number of sulfone groups is 1. The van der Waals surface area contributed by atoms with Gasteiger partial charge in [-0.2, -0.15) is 0 Å². The van der Waals surface area contributed by atoms with Gasteiger partial charge in [0.2, 0.25) is 5.91 Å². The van der Waals surface area contributed by atoms with E-state index in [-0.39, 0.29) is 41.2 Å². The normalized spacial score (nSPS) is 13.3. The van der Waals surface area contributed by atoms with Crippen LogP contribution in [-0.4, -0.2) is 37.6 Å². The third-order valence-corrected chi connectivity index (χ3v) is 5.91. The summed E-state index contributed by atoms with van der Waals surface area (Å²) in [6, 6.07) is 6.00. The number of halogens is 1. The molecule has 1 aromatic carbocycles. The number of nitrogens with zero attached hydrogens (tertiary/aromatic N) is 1. The molecule has 2 amide bonds. The topological polar surface area (TPSA) is 114 Å². The highest BCUT2D eigenvalue weighted by molar-refractivity contribution is 7.91. The van der Waals surface area contributed by atoms with Gasteiger partial charge in [0.25, 0.3) is 5.91 Å². The van der Waals surface area contributed by atoms with E-state index in [1.54, 1.807) is 13.0 Å². The number of hydrogen-bond donors (Lipinski definition) is 2. The summed E-state index contributed by atoms with van der Waals surface area (Å²) < 4.78 is 30.6. The van der Waals surface area contributed by atoms with E-state index in [0.717, 1.165) is 0 Å². The zero-order valence-electron chi connectivity index (χ0n) is 14.3. The molecule has 2 aromatic rings. The first kappa shape index (κ1) is 19.1. The highest BCUT2D eigenvalue weighted by Crippen LogP contribution is 2.33. The van der Waals surface area contributed by atoms with Crippen molar-refractivity contribution < 1.29 is 22.7 Å². The Morgan fingerprint density at radius 3 is 2.85 bits per heavy atom. The van der Waals surface area contributed by atoms with Crippen molar-refractivity contribution >= 4 is 44.8 Å². The van der Waals surface area contributed by atoms with Crippen molar-refractivity contribution in [2.24, 2.45) is 0 Å². The van der Waals surface area contributed by atoms with Crippen molar-refractivity contribution in [2.45, 2.75) is 18.2 Å². The third-order valence-electron chi connectivity index (χ3n) is 3.84. The molecule has 0 bridgehead atoms. The van der Waals surface area contributed by atoms with Gasteiger partial charge >= 0.3 is 0 Å². The highest BCUT2D eigenvalue weighted by atomic mass is 35.5. The number of rotatable bonds is 5. The molecule has 27 heavy (non-hydrogen) atoms. The molecule has 1 aliphatic heterocycles. The fourth-order valence-corrected chi connectivity index (χ4v) is 4.17. The Morgan fingerprint density at radius 1 is 1.37 bits per heavy atom. The summed E-state index contributed by atoms with van der Waals surface area (Å²) in [7, 11) is -3.73. The van der Waals surface area contributed by atoms with Gasteiger partial charge in [0.05, 0.1) is 21.4 Å². The van der Waals surface area contributed by atoms with Crippen molar-refractivity contribution in [2.75, 3.05) is 23.0 Å². The van der Waals surface area contributed by atoms with E-state index in [2.05, 4.69) is 15.6 Å². The molecule has 0 fully saturated rings. The van der Waals surface area contributed by atoms with Gasteiger partial charge in [0.1, 0.15) is 11.6 Å². The Labute approximate surface area is 160 Å². The van der Waals surface area contributed by atoms with Crippen LogP contribution >= 0.6 is 11.6 Å². The summed E-state index contributed by atoms with van der Waals surface area (Å²) >= 11 is 5.72. The molecule has 142 valence electrons. The first-order valence-electron chi connectivity index (χ1n) is 7.96. The summed E-state index contributed by atoms with van der Waals surface area (Å²) in [5.74, 6) is -0.583. The van der Waals surface area contributed by atoms with Crippen LogP contribution in [0.1, 0.15) is 12.0 Å². The summed E-state index contributed by atoms with van der Waals surface area (Å²) in [6.45, 7) is 1.44. The molecule has 0 atom stereocenters. The van der Waals surface area contributed by atoms with Crippen LogP contribution in [0.5, 0.6) is 5.75 Å². The maximum Gasteiger partial charge on any atom is 0.262 e. The third kappa shape index (κ3) is 4.55. The predicted octanol–water partition coefficient (Wildman–Crippen LogP) is 2.18. The first-order valence-corrected chi connectivity index (χ1v) is 9.99. The van der Waals surface area contributed by atoms with Crippen LogP contribution in [0.4, 0.5) is 11.5 Å². The standard InChI is InChI=1S/C17H16ClN3O5S/c1-10-6-12-13(26-9-17(23)20-12)7-14(10)27(24,25)5-4-16(22)21-15-3-2-11(18)8-19-15/h2-3,6-8H,4-5,9H2,1H3,(H,20,23)(H,19,21,22). The van der Waals surface area contributed by atoms with Crippen molar-refractivity contribution in [3.8, 4) is 5.75 Å². The molecule has 0 radical (unpaired) electrons. The molecular weight excluding hydrogens is 394 g/mol. The molecule has 0 saturated heterocycles. The quantitative estimate of drug-likeness (QED) is 0.782. The lowest BCUT2D eigenvalue weighted by Crippen LogP contribution is -2.26. The molecule has 0 saturated carbocycles. The lowest BCUT2D eigenvalue weighted by atomic mass is 10.2. The molecular formula is C17H16ClN3O5S. The number of aromatic nitrogens is 1. The summed E-state index contributed by atoms with van der Waals surface area (Å²) in [5, 5.41) is 5.57. The monoisotopic (exact) mass is 409 g/mol. The fourth-order valence-electron chi connectivity index (χ4n) is 2.54. The van der Waals surface area contributed by atoms with Crippen molar-refractivity contribution in [1.29, 1.82) is 0 Å². The van der Waals surface area contributed by atoms with Crippen LogP contribution in [0.15, 0.2) is 35.4 Å². The fraction of sp³-hybridized carbons (Fsp3) is 0.235. The van der Waals surface area contributed by atoms with Gasteiger partial charge in [-0.15, -0.1) is 0 Å². The Balaban J connectivity index is 1.70. The number of nitrogens with one attached hydrogen (secondary N) is 2. The number of pyridine rings is 1. The van der Waals surface area contributed by atoms with Crippen molar-refractivity contribution in [3.05, 3.63) is 41.0 Å². The van der Waals surface area contributed by atoms with Crippen molar-refractivity contribution in [1.82, 2.24) is 4.98 Å². The van der Waals surface area contributed by atoms with Crippen LogP contribution in [0.2, 0.25) is 5.02 Å². The number of amides is 2. The Bertz CT molecular complexity index is 1010. The second kappa shape index (κ2) is 7.53. The number of carbonyl (C=O) groups excluding carboxylic acids is 2. The van der Waals surface area contributed by atoms with Crippen LogP contribution in [0.25, 0.3) is 0 Å². The summed E-state index contributed by atoms with van der Waals surface area (Å²) in [5.41, 5.74) is 0.883. The minimum atomic E-state index is -3.73. The van der Waals surface area contributed by atoms with Crippen molar-refractivity contribution in [3.63, 3.8) is 0 Å². The van der Waals surface area contributed by atoms with Gasteiger partial charge in [0.15, 0.2) is 16.4 Å². The zero-order valence-corrected chi connectivity index (χ0v) is 15.9. The molecule has 0 unspecified atom stereocenters. The van der Waals surface area contributed by atoms with Gasteiger partial charge in [-0.1, -0.05) is 11.6 Å². The van der Waals surface area contributed by atoms with Crippen LogP contribution < -0.4 is 15.4 Å². The molecule has 2 heterocycles. The minimum absolute atomic E-state index is 0.0646. The smallest absolute Gasteiger partial charge is 0.262 e. The molecule has 0 spiro atoms. The number of fused-ring (bicyclic) bond motifs is 1. The number of hydrogen-bond acceptors (Lipinski definition) is 6. The van der Waals surface area contributed by atoms with Gasteiger partial charge < -0.3 is 15.4 Å². The second-order valence-electron chi connectivity index (χ2n) is 5.93. The first-order chi connectivity index (χ1) is 12.7. The Morgan fingerprint density at radius 2 is 2.15 bits per heavy atom. The summed E-state index contributed by atoms with van der Waals surface area (Å²) in [4.78, 5) is 27.4.